The topological polar surface area (TPSA) is 110 Å². The van der Waals surface area contributed by atoms with Crippen LogP contribution >= 0.6 is 0 Å². The van der Waals surface area contributed by atoms with Crippen LogP contribution in [-0.4, -0.2) is 22.9 Å². The largest absolute Gasteiger partial charge is 0.599 e. The lowest BCUT2D eigenvalue weighted by Gasteiger charge is -2.15. The number of rotatable bonds is 2. The molecular weight excluding hydrogens is 180 g/mol. The molecule has 0 aromatic rings. The second-order valence-electron chi connectivity index (χ2n) is 2.42. The van der Waals surface area contributed by atoms with E-state index in [2.05, 4.69) is 10.6 Å². The van der Waals surface area contributed by atoms with Crippen LogP contribution in [0.25, 0.3) is 0 Å². The van der Waals surface area contributed by atoms with E-state index in [0.717, 1.165) is 6.42 Å². The van der Waals surface area contributed by atoms with Gasteiger partial charge in [-0.25, -0.2) is 0 Å². The fourth-order valence-corrected chi connectivity index (χ4v) is 0.985. The molecule has 72 valence electrons. The van der Waals surface area contributed by atoms with Crippen LogP contribution in [0, 0.1) is 20.2 Å². The molecule has 0 radical (unpaired) electrons. The minimum atomic E-state index is -1.03. The van der Waals surface area contributed by atoms with Gasteiger partial charge in [0.2, 0.25) is 0 Å². The number of hydrogen-bond acceptors (Lipinski definition) is 6. The average Bonchev–Trinajstić information content (AvgIpc) is 2.04. The first-order chi connectivity index (χ1) is 6.13. The summed E-state index contributed by atoms with van der Waals surface area (Å²) < 4.78 is 0. The molecule has 1 rings (SSSR count). The van der Waals surface area contributed by atoms with Gasteiger partial charge in [-0.3, -0.25) is 20.2 Å². The maximum atomic E-state index is 10.3. The Bertz CT molecular complexity index is 250. The molecule has 2 N–H and O–H groups in total. The number of nitro groups is 2. The smallest absolute Gasteiger partial charge is 0.360 e. The fourth-order valence-electron chi connectivity index (χ4n) is 0.985. The standard InChI is InChI=1S/C5H8N4O4/c10-8(11)5(9(12)13)4-6-2-1-3-7-4/h6-7H,1-3H2. The first-order valence-corrected chi connectivity index (χ1v) is 3.63. The lowest BCUT2D eigenvalue weighted by molar-refractivity contribution is -0.618. The van der Waals surface area contributed by atoms with Gasteiger partial charge >= 0.3 is 5.82 Å². The molecule has 8 heteroatoms. The molecule has 0 spiro atoms. The summed E-state index contributed by atoms with van der Waals surface area (Å²) in [6.07, 6.45) is 0.784. The molecule has 0 aromatic carbocycles. The van der Waals surface area contributed by atoms with E-state index < -0.39 is 15.7 Å². The van der Waals surface area contributed by atoms with Crippen molar-refractivity contribution < 1.29 is 9.85 Å². The summed E-state index contributed by atoms with van der Waals surface area (Å²) in [7, 11) is 0. The maximum Gasteiger partial charge on any atom is 0.599 e. The van der Waals surface area contributed by atoms with Crippen LogP contribution in [0.2, 0.25) is 0 Å². The lowest BCUT2D eigenvalue weighted by atomic mass is 10.3. The molecule has 13 heavy (non-hydrogen) atoms. The van der Waals surface area contributed by atoms with Crippen LogP contribution in [0.4, 0.5) is 0 Å². The minimum Gasteiger partial charge on any atom is -0.360 e. The van der Waals surface area contributed by atoms with Crippen molar-refractivity contribution in [3.05, 3.63) is 31.9 Å². The van der Waals surface area contributed by atoms with E-state index in [1.807, 2.05) is 0 Å². The molecule has 0 amide bonds. The average molecular weight is 188 g/mol. The summed E-state index contributed by atoms with van der Waals surface area (Å²) in [6.45, 7) is 1.01. The van der Waals surface area contributed by atoms with Gasteiger partial charge in [0.1, 0.15) is 9.85 Å². The molecule has 1 aliphatic rings. The van der Waals surface area contributed by atoms with Crippen molar-refractivity contribution >= 4 is 0 Å². The molecule has 0 saturated carbocycles. The quantitative estimate of drug-likeness (QED) is 0.435. The molecule has 8 nitrogen and oxygen atoms in total. The van der Waals surface area contributed by atoms with E-state index in [-0.39, 0.29) is 5.82 Å². The molecule has 0 unspecified atom stereocenters. The van der Waals surface area contributed by atoms with Crippen molar-refractivity contribution in [1.82, 2.24) is 10.6 Å². The van der Waals surface area contributed by atoms with E-state index >= 15 is 0 Å². The van der Waals surface area contributed by atoms with Crippen LogP contribution in [0.5, 0.6) is 0 Å². The fraction of sp³-hybridized carbons (Fsp3) is 0.600. The Labute approximate surface area is 72.9 Å². The van der Waals surface area contributed by atoms with Crippen LogP contribution in [0.15, 0.2) is 11.6 Å². The molecule has 0 aromatic heterocycles. The van der Waals surface area contributed by atoms with Crippen LogP contribution < -0.4 is 10.6 Å². The third-order valence-corrected chi connectivity index (χ3v) is 1.53. The molecule has 0 bridgehead atoms. The van der Waals surface area contributed by atoms with Gasteiger partial charge in [0.05, 0.1) is 0 Å². The van der Waals surface area contributed by atoms with Crippen LogP contribution in [0.1, 0.15) is 6.42 Å². The Morgan fingerprint density at radius 1 is 1.15 bits per heavy atom. The van der Waals surface area contributed by atoms with Crippen molar-refractivity contribution in [1.29, 1.82) is 0 Å². The third kappa shape index (κ3) is 2.04. The summed E-state index contributed by atoms with van der Waals surface area (Å²) in [5.74, 6) is -1.14. The molecular formula is C5H8N4O4. The Balaban J connectivity index is 2.93. The molecule has 1 fully saturated rings. The van der Waals surface area contributed by atoms with Crippen molar-refractivity contribution in [2.24, 2.45) is 0 Å². The summed E-state index contributed by atoms with van der Waals surface area (Å²) >= 11 is 0. The zero-order valence-corrected chi connectivity index (χ0v) is 6.65. The van der Waals surface area contributed by atoms with Crippen LogP contribution in [-0.2, 0) is 0 Å². The van der Waals surface area contributed by atoms with E-state index in [4.69, 9.17) is 0 Å². The summed E-state index contributed by atoms with van der Waals surface area (Å²) in [5.41, 5.74) is 0. The zero-order chi connectivity index (χ0) is 9.84. The summed E-state index contributed by atoms with van der Waals surface area (Å²) in [4.78, 5) is 18.5. The predicted octanol–water partition coefficient (Wildman–Crippen LogP) is -0.751. The highest BCUT2D eigenvalue weighted by Crippen LogP contribution is 2.03. The van der Waals surface area contributed by atoms with E-state index in [0.29, 0.717) is 13.1 Å². The van der Waals surface area contributed by atoms with Gasteiger partial charge in [0.15, 0.2) is 0 Å². The highest BCUT2D eigenvalue weighted by atomic mass is 16.7. The van der Waals surface area contributed by atoms with Gasteiger partial charge in [-0.05, 0) is 6.42 Å². The number of nitrogens with one attached hydrogen (secondary N) is 2. The second-order valence-corrected chi connectivity index (χ2v) is 2.42. The normalized spacial score (nSPS) is 15.5. The van der Waals surface area contributed by atoms with Gasteiger partial charge in [0.25, 0.3) is 5.82 Å². The molecule has 0 aliphatic carbocycles. The first-order valence-electron chi connectivity index (χ1n) is 3.63. The monoisotopic (exact) mass is 188 g/mol. The molecule has 0 atom stereocenters. The predicted molar refractivity (Wildman–Crippen MR) is 41.6 cm³/mol. The van der Waals surface area contributed by atoms with E-state index in [1.165, 1.54) is 0 Å². The molecule has 1 heterocycles. The number of nitrogens with zero attached hydrogens (tertiary/aromatic N) is 2. The third-order valence-electron chi connectivity index (χ3n) is 1.53. The lowest BCUT2D eigenvalue weighted by Crippen LogP contribution is -2.38. The maximum absolute atomic E-state index is 10.3. The van der Waals surface area contributed by atoms with Gasteiger partial charge in [-0.2, -0.15) is 0 Å². The molecule has 1 saturated heterocycles. The van der Waals surface area contributed by atoms with Crippen molar-refractivity contribution in [3.8, 4) is 0 Å². The summed E-state index contributed by atoms with van der Waals surface area (Å²) in [6, 6.07) is 0. The first kappa shape index (κ1) is 9.23. The minimum absolute atomic E-state index is 0.110. The van der Waals surface area contributed by atoms with Gasteiger partial charge in [-0.15, -0.1) is 0 Å². The van der Waals surface area contributed by atoms with Crippen molar-refractivity contribution in [2.45, 2.75) is 6.42 Å². The highest BCUT2D eigenvalue weighted by Gasteiger charge is 2.33. The number of hydrogen-bond donors (Lipinski definition) is 2. The van der Waals surface area contributed by atoms with Crippen LogP contribution in [0.3, 0.4) is 0 Å². The molecule has 1 aliphatic heterocycles. The highest BCUT2D eigenvalue weighted by molar-refractivity contribution is 4.99. The van der Waals surface area contributed by atoms with Crippen molar-refractivity contribution in [2.75, 3.05) is 13.1 Å². The Hall–Kier alpha value is -1.86. The van der Waals surface area contributed by atoms with Gasteiger partial charge in [-0.1, -0.05) is 0 Å². The van der Waals surface area contributed by atoms with E-state index in [9.17, 15) is 20.2 Å². The second kappa shape index (κ2) is 3.70. The van der Waals surface area contributed by atoms with E-state index in [1.54, 1.807) is 0 Å². The zero-order valence-electron chi connectivity index (χ0n) is 6.65. The van der Waals surface area contributed by atoms with Crippen molar-refractivity contribution in [3.63, 3.8) is 0 Å². The Kier molecular flexibility index (Phi) is 2.62. The Morgan fingerprint density at radius 2 is 1.62 bits per heavy atom. The SMILES string of the molecule is O=[N+]([O-])C(=C1NCCCN1)[N+](=O)[O-]. The van der Waals surface area contributed by atoms with Gasteiger partial charge < -0.3 is 10.6 Å². The summed E-state index contributed by atoms with van der Waals surface area (Å²) in [5, 5.41) is 25.7. The van der Waals surface area contributed by atoms with Gasteiger partial charge in [0, 0.05) is 13.1 Å². The Morgan fingerprint density at radius 3 is 2.00 bits per heavy atom.